The summed E-state index contributed by atoms with van der Waals surface area (Å²) in [7, 11) is 1.80. The number of carbonyl (C=O) groups is 1. The van der Waals surface area contributed by atoms with Gasteiger partial charge in [0.1, 0.15) is 5.78 Å². The molecule has 1 rings (SSSR count). The van der Waals surface area contributed by atoms with Gasteiger partial charge in [-0.05, 0) is 25.5 Å². The lowest BCUT2D eigenvalue weighted by molar-refractivity contribution is -0.117. The van der Waals surface area contributed by atoms with Gasteiger partial charge in [-0.1, -0.05) is 56.2 Å². The zero-order valence-corrected chi connectivity index (χ0v) is 14.2. The fourth-order valence-electron chi connectivity index (χ4n) is 2.32. The molecule has 1 aromatic rings. The number of allylic oxidation sites excluding steroid dienone is 2. The maximum Gasteiger partial charge on any atom is 0.141 e. The summed E-state index contributed by atoms with van der Waals surface area (Å²) in [6.07, 6.45) is 3.04. The molecule has 2 heteroatoms. The van der Waals surface area contributed by atoms with Crippen LogP contribution in [-0.4, -0.2) is 18.5 Å². The molecule has 1 aromatic carbocycles. The smallest absolute Gasteiger partial charge is 0.141 e. The number of Topliss-reactive ketones (excluding diaryl/α,β-unsaturated/α-hetero) is 1. The Morgan fingerprint density at radius 1 is 1.29 bits per heavy atom. The van der Waals surface area contributed by atoms with Crippen LogP contribution in [0.5, 0.6) is 0 Å². The normalized spacial score (nSPS) is 13.4. The minimum absolute atomic E-state index is 0.00952. The van der Waals surface area contributed by atoms with Gasteiger partial charge in [0.05, 0.1) is 0 Å². The van der Waals surface area contributed by atoms with Crippen LogP contribution < -0.4 is 0 Å². The van der Waals surface area contributed by atoms with Crippen molar-refractivity contribution in [3.05, 3.63) is 47.0 Å². The summed E-state index contributed by atoms with van der Waals surface area (Å²) in [5, 5.41) is 0. The van der Waals surface area contributed by atoms with Gasteiger partial charge in [0.2, 0.25) is 0 Å². The van der Waals surface area contributed by atoms with E-state index in [-0.39, 0.29) is 11.2 Å². The van der Waals surface area contributed by atoms with E-state index in [1.165, 1.54) is 5.56 Å². The molecular formula is C19H27NO. The first kappa shape index (κ1) is 17.4. The molecule has 0 heterocycles. The van der Waals surface area contributed by atoms with Crippen molar-refractivity contribution in [3.8, 4) is 0 Å². The van der Waals surface area contributed by atoms with E-state index in [1.807, 2.05) is 38.1 Å². The minimum atomic E-state index is 0.00952. The van der Waals surface area contributed by atoms with Crippen LogP contribution in [0.25, 0.3) is 0 Å². The van der Waals surface area contributed by atoms with Gasteiger partial charge >= 0.3 is 0 Å². The number of benzene rings is 1. The van der Waals surface area contributed by atoms with Crippen molar-refractivity contribution in [1.29, 1.82) is 0 Å². The molecule has 0 N–H and O–H groups in total. The maximum atomic E-state index is 12.2. The molecule has 0 bridgehead atoms. The molecule has 0 aliphatic heterocycles. The van der Waals surface area contributed by atoms with Gasteiger partial charge in [-0.25, -0.2) is 0 Å². The fourth-order valence-corrected chi connectivity index (χ4v) is 2.32. The highest BCUT2D eigenvalue weighted by atomic mass is 16.1. The Morgan fingerprint density at radius 3 is 2.48 bits per heavy atom. The van der Waals surface area contributed by atoms with E-state index in [9.17, 15) is 4.79 Å². The van der Waals surface area contributed by atoms with Crippen LogP contribution in [-0.2, 0) is 11.2 Å². The van der Waals surface area contributed by atoms with Gasteiger partial charge in [-0.3, -0.25) is 9.79 Å². The minimum Gasteiger partial charge on any atom is -0.299 e. The van der Waals surface area contributed by atoms with Gasteiger partial charge in [0.25, 0.3) is 0 Å². The molecule has 0 radical (unpaired) electrons. The van der Waals surface area contributed by atoms with E-state index < -0.39 is 0 Å². The number of carbonyl (C=O) groups excluding carboxylic acids is 1. The lowest BCUT2D eigenvalue weighted by Crippen LogP contribution is -2.18. The van der Waals surface area contributed by atoms with Crippen LogP contribution in [0.15, 0.2) is 40.9 Å². The molecule has 0 saturated heterocycles. The Bertz CT molecular complexity index is 559. The number of nitrogens with zero attached hydrogens (tertiary/aromatic N) is 1. The van der Waals surface area contributed by atoms with Gasteiger partial charge in [-0.15, -0.1) is 0 Å². The van der Waals surface area contributed by atoms with E-state index >= 15 is 0 Å². The summed E-state index contributed by atoms with van der Waals surface area (Å²) >= 11 is 0. The van der Waals surface area contributed by atoms with Crippen molar-refractivity contribution in [3.63, 3.8) is 0 Å². The number of hydrogen-bond donors (Lipinski definition) is 0. The summed E-state index contributed by atoms with van der Waals surface area (Å²) in [4.78, 5) is 16.5. The van der Waals surface area contributed by atoms with Gasteiger partial charge < -0.3 is 0 Å². The molecule has 0 spiro atoms. The second-order valence-electron chi connectivity index (χ2n) is 6.73. The van der Waals surface area contributed by atoms with E-state index in [0.717, 1.165) is 16.8 Å². The zero-order chi connectivity index (χ0) is 16.0. The van der Waals surface area contributed by atoms with Crippen molar-refractivity contribution in [2.24, 2.45) is 10.4 Å². The molecule has 0 aliphatic rings. The molecule has 21 heavy (non-hydrogen) atoms. The van der Waals surface area contributed by atoms with Crippen molar-refractivity contribution >= 4 is 11.5 Å². The molecule has 0 unspecified atom stereocenters. The van der Waals surface area contributed by atoms with Crippen LogP contribution >= 0.6 is 0 Å². The van der Waals surface area contributed by atoms with Crippen LogP contribution in [0, 0.1) is 12.3 Å². The highest BCUT2D eigenvalue weighted by Gasteiger charge is 2.16. The first-order valence-corrected chi connectivity index (χ1v) is 7.44. The highest BCUT2D eigenvalue weighted by Crippen LogP contribution is 2.19. The first-order valence-electron chi connectivity index (χ1n) is 7.44. The average molecular weight is 285 g/mol. The quantitative estimate of drug-likeness (QED) is 0.729. The lowest BCUT2D eigenvalue weighted by Gasteiger charge is -2.19. The molecular weight excluding hydrogens is 258 g/mol. The fraction of sp³-hybridized carbons (Fsp3) is 0.474. The SMILES string of the molecule is CN=C(/C=C(\C)CC(=O)Cc1cccc(C)c1)C(C)(C)C. The molecule has 0 aliphatic carbocycles. The van der Waals surface area contributed by atoms with Gasteiger partial charge in [0.15, 0.2) is 0 Å². The van der Waals surface area contributed by atoms with E-state index in [4.69, 9.17) is 0 Å². The molecule has 2 nitrogen and oxygen atoms in total. The summed E-state index contributed by atoms with van der Waals surface area (Å²) < 4.78 is 0. The Balaban J connectivity index is 2.70. The summed E-state index contributed by atoms with van der Waals surface area (Å²) in [6, 6.07) is 8.14. The van der Waals surface area contributed by atoms with E-state index in [0.29, 0.717) is 12.8 Å². The van der Waals surface area contributed by atoms with Crippen LogP contribution in [0.3, 0.4) is 0 Å². The Hall–Kier alpha value is -1.70. The van der Waals surface area contributed by atoms with Crippen molar-refractivity contribution in [2.45, 2.75) is 47.5 Å². The molecule has 0 amide bonds. The standard InChI is InChI=1S/C19H27NO/c1-14-8-7-9-16(10-14)13-17(21)11-15(2)12-18(20-6)19(3,4)5/h7-10,12H,11,13H2,1-6H3/b15-12+,20-18?. The number of ketones is 1. The first-order chi connectivity index (χ1) is 9.72. The monoisotopic (exact) mass is 285 g/mol. The van der Waals surface area contributed by atoms with Crippen LogP contribution in [0.2, 0.25) is 0 Å². The zero-order valence-electron chi connectivity index (χ0n) is 14.2. The van der Waals surface area contributed by atoms with Gasteiger partial charge in [-0.2, -0.15) is 0 Å². The summed E-state index contributed by atoms with van der Waals surface area (Å²) in [5.74, 6) is 0.249. The summed E-state index contributed by atoms with van der Waals surface area (Å²) in [6.45, 7) is 10.5. The highest BCUT2D eigenvalue weighted by molar-refractivity contribution is 6.00. The Morgan fingerprint density at radius 2 is 1.95 bits per heavy atom. The molecule has 0 aromatic heterocycles. The van der Waals surface area contributed by atoms with Crippen molar-refractivity contribution < 1.29 is 4.79 Å². The number of hydrogen-bond acceptors (Lipinski definition) is 2. The maximum absolute atomic E-state index is 12.2. The van der Waals surface area contributed by atoms with E-state index in [1.54, 1.807) is 7.05 Å². The predicted octanol–water partition coefficient (Wildman–Crippen LogP) is 4.56. The van der Waals surface area contributed by atoms with Crippen molar-refractivity contribution in [2.75, 3.05) is 7.05 Å². The topological polar surface area (TPSA) is 29.4 Å². The molecule has 0 atom stereocenters. The number of aryl methyl sites for hydroxylation is 1. The predicted molar refractivity (Wildman–Crippen MR) is 91.1 cm³/mol. The third-order valence-electron chi connectivity index (χ3n) is 3.35. The molecule has 0 saturated carbocycles. The lowest BCUT2D eigenvalue weighted by atomic mass is 9.88. The largest absolute Gasteiger partial charge is 0.299 e. The third-order valence-corrected chi connectivity index (χ3v) is 3.35. The van der Waals surface area contributed by atoms with Crippen LogP contribution in [0.4, 0.5) is 0 Å². The summed E-state index contributed by atoms with van der Waals surface area (Å²) in [5.41, 5.74) is 4.40. The average Bonchev–Trinajstić information content (AvgIpc) is 2.34. The number of aliphatic imine (C=N–C) groups is 1. The second kappa shape index (κ2) is 7.35. The van der Waals surface area contributed by atoms with Crippen LogP contribution in [0.1, 0.15) is 45.2 Å². The van der Waals surface area contributed by atoms with Gasteiger partial charge in [0, 0.05) is 31.0 Å². The van der Waals surface area contributed by atoms with E-state index in [2.05, 4.69) is 31.8 Å². The Kier molecular flexibility index (Phi) is 6.07. The third kappa shape index (κ3) is 6.07. The Labute approximate surface area is 129 Å². The molecule has 0 fully saturated rings. The van der Waals surface area contributed by atoms with Crippen molar-refractivity contribution in [1.82, 2.24) is 0 Å². The second-order valence-corrected chi connectivity index (χ2v) is 6.73. The number of rotatable bonds is 5. The molecule has 114 valence electrons.